The third kappa shape index (κ3) is 2.97. The number of rotatable bonds is 3. The molecule has 0 bridgehead atoms. The van der Waals surface area contributed by atoms with Crippen LogP contribution < -0.4 is 5.32 Å². The topological polar surface area (TPSA) is 49.4 Å². The van der Waals surface area contributed by atoms with Gasteiger partial charge in [-0.1, -0.05) is 24.3 Å². The minimum Gasteiger partial charge on any atom is -0.337 e. The molecule has 0 aromatic heterocycles. The molecule has 140 valence electrons. The molecule has 0 radical (unpaired) electrons. The van der Waals surface area contributed by atoms with Gasteiger partial charge in [0.1, 0.15) is 5.41 Å². The first-order chi connectivity index (χ1) is 12.9. The second kappa shape index (κ2) is 6.40. The van der Waals surface area contributed by atoms with Crippen molar-refractivity contribution in [1.29, 1.82) is 0 Å². The number of amides is 2. The third-order valence-electron chi connectivity index (χ3n) is 5.30. The molecule has 0 saturated heterocycles. The highest BCUT2D eigenvalue weighted by Crippen LogP contribution is 2.49. The lowest BCUT2D eigenvalue weighted by molar-refractivity contribution is -0.143. The first kappa shape index (κ1) is 17.6. The quantitative estimate of drug-likeness (QED) is 0.661. The minimum atomic E-state index is -1.66. The fraction of sp³-hybridized carbons (Fsp3) is 0.300. The fourth-order valence-electron chi connectivity index (χ4n) is 3.50. The summed E-state index contributed by atoms with van der Waals surface area (Å²) in [6, 6.07) is 9.49. The molecule has 27 heavy (non-hydrogen) atoms. The lowest BCUT2D eigenvalue weighted by Gasteiger charge is -2.31. The van der Waals surface area contributed by atoms with Crippen molar-refractivity contribution >= 4 is 17.5 Å². The van der Waals surface area contributed by atoms with Crippen molar-refractivity contribution in [3.05, 3.63) is 65.0 Å². The summed E-state index contributed by atoms with van der Waals surface area (Å²) in [7, 11) is 0. The van der Waals surface area contributed by atoms with E-state index in [-0.39, 0.29) is 5.91 Å². The standard InChI is InChI=1S/C20H17F3N2O2/c21-14-5-6-15(17(23)16(14)22)24-18(26)20(8-9-20)19(27)25-10-7-12-3-1-2-4-13(12)11-25/h1-6H,7-11H2,(H,24,26). The van der Waals surface area contributed by atoms with Crippen LogP contribution >= 0.6 is 0 Å². The highest BCUT2D eigenvalue weighted by molar-refractivity contribution is 6.13. The van der Waals surface area contributed by atoms with Crippen LogP contribution in [0.25, 0.3) is 0 Å². The Bertz CT molecular complexity index is 941. The lowest BCUT2D eigenvalue weighted by Crippen LogP contribution is -2.45. The van der Waals surface area contributed by atoms with Crippen LogP contribution in [0, 0.1) is 22.9 Å². The molecule has 2 aromatic carbocycles. The van der Waals surface area contributed by atoms with Crippen LogP contribution in [-0.2, 0) is 22.6 Å². The number of benzene rings is 2. The van der Waals surface area contributed by atoms with Crippen LogP contribution in [0.5, 0.6) is 0 Å². The average Bonchev–Trinajstić information content (AvgIpc) is 3.49. The van der Waals surface area contributed by atoms with Crippen molar-refractivity contribution in [2.75, 3.05) is 11.9 Å². The zero-order chi connectivity index (χ0) is 19.2. The first-order valence-electron chi connectivity index (χ1n) is 8.73. The lowest BCUT2D eigenvalue weighted by atomic mass is 9.97. The van der Waals surface area contributed by atoms with E-state index in [1.165, 1.54) is 5.56 Å². The van der Waals surface area contributed by atoms with Crippen LogP contribution in [0.1, 0.15) is 24.0 Å². The summed E-state index contributed by atoms with van der Waals surface area (Å²) >= 11 is 0. The second-order valence-corrected chi connectivity index (χ2v) is 7.00. The van der Waals surface area contributed by atoms with Gasteiger partial charge in [0.15, 0.2) is 17.5 Å². The van der Waals surface area contributed by atoms with Gasteiger partial charge in [-0.05, 0) is 42.5 Å². The fourth-order valence-corrected chi connectivity index (χ4v) is 3.50. The Hall–Kier alpha value is -2.83. The molecule has 2 aliphatic rings. The largest absolute Gasteiger partial charge is 0.337 e. The number of nitrogens with zero attached hydrogens (tertiary/aromatic N) is 1. The van der Waals surface area contributed by atoms with E-state index in [9.17, 15) is 22.8 Å². The predicted molar refractivity (Wildman–Crippen MR) is 92.2 cm³/mol. The summed E-state index contributed by atoms with van der Waals surface area (Å²) in [6.45, 7) is 0.925. The van der Waals surface area contributed by atoms with Crippen molar-refractivity contribution in [3.8, 4) is 0 Å². The van der Waals surface area contributed by atoms with Gasteiger partial charge in [-0.25, -0.2) is 13.2 Å². The molecule has 2 aromatic rings. The molecule has 4 nitrogen and oxygen atoms in total. The zero-order valence-electron chi connectivity index (χ0n) is 14.4. The Morgan fingerprint density at radius 3 is 2.37 bits per heavy atom. The van der Waals surface area contributed by atoms with E-state index in [1.807, 2.05) is 24.3 Å². The van der Waals surface area contributed by atoms with Gasteiger partial charge in [0.2, 0.25) is 11.8 Å². The highest BCUT2D eigenvalue weighted by atomic mass is 19.2. The van der Waals surface area contributed by atoms with E-state index in [4.69, 9.17) is 0 Å². The van der Waals surface area contributed by atoms with E-state index in [0.29, 0.717) is 32.4 Å². The Balaban J connectivity index is 1.51. The van der Waals surface area contributed by atoms with E-state index in [1.54, 1.807) is 4.90 Å². The summed E-state index contributed by atoms with van der Waals surface area (Å²) in [4.78, 5) is 27.2. The molecule has 2 amide bonds. The molecule has 7 heteroatoms. The van der Waals surface area contributed by atoms with Crippen molar-refractivity contribution in [2.45, 2.75) is 25.8 Å². The normalized spacial score (nSPS) is 17.2. The minimum absolute atomic E-state index is 0.308. The summed E-state index contributed by atoms with van der Waals surface area (Å²) in [6.07, 6.45) is 1.40. The molecule has 1 aliphatic heterocycles. The highest BCUT2D eigenvalue weighted by Gasteiger charge is 2.58. The molecule has 4 rings (SSSR count). The van der Waals surface area contributed by atoms with Gasteiger partial charge in [0.25, 0.3) is 0 Å². The van der Waals surface area contributed by atoms with Gasteiger partial charge >= 0.3 is 0 Å². The molecule has 0 spiro atoms. The molecule has 0 atom stereocenters. The third-order valence-corrected chi connectivity index (χ3v) is 5.30. The number of halogens is 3. The Labute approximate surface area is 154 Å². The number of hydrogen-bond acceptors (Lipinski definition) is 2. The Morgan fingerprint density at radius 1 is 0.963 bits per heavy atom. The van der Waals surface area contributed by atoms with Crippen LogP contribution in [0.4, 0.5) is 18.9 Å². The maximum absolute atomic E-state index is 13.8. The molecule has 1 aliphatic carbocycles. The molecule has 1 heterocycles. The van der Waals surface area contributed by atoms with Gasteiger partial charge < -0.3 is 10.2 Å². The molecular weight excluding hydrogens is 357 g/mol. The van der Waals surface area contributed by atoms with E-state index >= 15 is 0 Å². The van der Waals surface area contributed by atoms with Crippen LogP contribution in [0.15, 0.2) is 36.4 Å². The Morgan fingerprint density at radius 2 is 1.67 bits per heavy atom. The van der Waals surface area contributed by atoms with Crippen molar-refractivity contribution < 1.29 is 22.8 Å². The van der Waals surface area contributed by atoms with E-state index in [2.05, 4.69) is 5.32 Å². The number of hydrogen-bond donors (Lipinski definition) is 1. The van der Waals surface area contributed by atoms with Crippen LogP contribution in [0.2, 0.25) is 0 Å². The van der Waals surface area contributed by atoms with Gasteiger partial charge in [-0.2, -0.15) is 0 Å². The van der Waals surface area contributed by atoms with Gasteiger partial charge in [0.05, 0.1) is 5.69 Å². The maximum Gasteiger partial charge on any atom is 0.240 e. The first-order valence-corrected chi connectivity index (χ1v) is 8.73. The number of fused-ring (bicyclic) bond motifs is 1. The Kier molecular flexibility index (Phi) is 4.17. The smallest absolute Gasteiger partial charge is 0.240 e. The van der Waals surface area contributed by atoms with Crippen molar-refractivity contribution in [1.82, 2.24) is 4.90 Å². The molecule has 1 fully saturated rings. The monoisotopic (exact) mass is 374 g/mol. The zero-order valence-corrected chi connectivity index (χ0v) is 14.4. The van der Waals surface area contributed by atoms with Gasteiger partial charge in [-0.15, -0.1) is 0 Å². The summed E-state index contributed by atoms with van der Waals surface area (Å²) in [5.41, 5.74) is 0.491. The number of nitrogens with one attached hydrogen (secondary N) is 1. The molecule has 0 unspecified atom stereocenters. The van der Waals surface area contributed by atoms with Crippen LogP contribution in [-0.4, -0.2) is 23.3 Å². The summed E-state index contributed by atoms with van der Waals surface area (Å²) in [5.74, 6) is -5.46. The van der Waals surface area contributed by atoms with Crippen molar-refractivity contribution in [3.63, 3.8) is 0 Å². The molecule has 1 N–H and O–H groups in total. The predicted octanol–water partition coefficient (Wildman–Crippen LogP) is 3.41. The van der Waals surface area contributed by atoms with Crippen LogP contribution in [0.3, 0.4) is 0 Å². The number of carbonyl (C=O) groups excluding carboxylic acids is 2. The summed E-state index contributed by atoms with van der Waals surface area (Å²) < 4.78 is 40.2. The number of anilines is 1. The maximum atomic E-state index is 13.8. The summed E-state index contributed by atoms with van der Waals surface area (Å²) in [5, 5.41) is 2.25. The average molecular weight is 374 g/mol. The molecule has 1 saturated carbocycles. The second-order valence-electron chi connectivity index (χ2n) is 7.00. The van der Waals surface area contributed by atoms with E-state index in [0.717, 1.165) is 17.7 Å². The molecular formula is C20H17F3N2O2. The van der Waals surface area contributed by atoms with Gasteiger partial charge in [-0.3, -0.25) is 9.59 Å². The SMILES string of the molecule is O=C(Nc1ccc(F)c(F)c1F)C1(C(=O)N2CCc3ccccc3C2)CC1. The number of carbonyl (C=O) groups is 2. The van der Waals surface area contributed by atoms with E-state index < -0.39 is 34.5 Å². The van der Waals surface area contributed by atoms with Crippen molar-refractivity contribution in [2.24, 2.45) is 5.41 Å². The van der Waals surface area contributed by atoms with Gasteiger partial charge in [0, 0.05) is 13.1 Å².